The molecule has 0 rings (SSSR count). The summed E-state index contributed by atoms with van der Waals surface area (Å²) in [4.78, 5) is 0. The molecule has 0 radical (unpaired) electrons. The summed E-state index contributed by atoms with van der Waals surface area (Å²) in [5.74, 6) is 0. The average Bonchev–Trinajstić information content (AvgIpc) is 1.67. The molecule has 104 valence electrons. The van der Waals surface area contributed by atoms with Crippen molar-refractivity contribution in [2.75, 3.05) is 0 Å². The molecule has 0 aromatic rings. The van der Waals surface area contributed by atoms with Gasteiger partial charge in [-0.15, -0.1) is 0 Å². The second kappa shape index (κ2) is 4.31. The van der Waals surface area contributed by atoms with Gasteiger partial charge in [-0.2, -0.15) is 25.3 Å². The number of rotatable bonds is 3. The topological polar surface area (TPSA) is 163 Å². The second-order valence-corrected chi connectivity index (χ2v) is 10.2. The van der Waals surface area contributed by atoms with Crippen molar-refractivity contribution in [1.82, 2.24) is 0 Å². The van der Waals surface area contributed by atoms with Gasteiger partial charge in [0.2, 0.25) is 3.79 Å². The standard InChI is InChI=1S/C2H3Cl3O9S3/c3-1(4,5)2(15(6,7)8,16(9,10)11)17(12,13)14/h(H,6,7,8)(H,9,10,11)(H,12,13,14). The molecule has 0 spiro atoms. The molecule has 9 nitrogen and oxygen atoms in total. The summed E-state index contributed by atoms with van der Waals surface area (Å²) in [5, 5.41) is 0. The van der Waals surface area contributed by atoms with Crippen LogP contribution in [0.25, 0.3) is 0 Å². The number of hydrogen-bond acceptors (Lipinski definition) is 6. The Bertz CT molecular complexity index is 526. The Morgan fingerprint density at radius 2 is 0.824 bits per heavy atom. The van der Waals surface area contributed by atoms with E-state index in [1.807, 2.05) is 0 Å². The molecule has 0 bridgehead atoms. The highest BCUT2D eigenvalue weighted by Crippen LogP contribution is 2.49. The lowest BCUT2D eigenvalue weighted by Crippen LogP contribution is -2.60. The third-order valence-corrected chi connectivity index (χ3v) is 9.97. The molecule has 0 aromatic heterocycles. The van der Waals surface area contributed by atoms with Gasteiger partial charge in [-0.3, -0.25) is 13.7 Å². The highest BCUT2D eigenvalue weighted by atomic mass is 35.6. The van der Waals surface area contributed by atoms with Gasteiger partial charge < -0.3 is 0 Å². The average molecular weight is 374 g/mol. The first-order chi connectivity index (χ1) is 7.00. The van der Waals surface area contributed by atoms with Gasteiger partial charge in [0.1, 0.15) is 0 Å². The van der Waals surface area contributed by atoms with Crippen molar-refractivity contribution in [3.05, 3.63) is 0 Å². The lowest BCUT2D eigenvalue weighted by molar-refractivity contribution is 0.423. The summed E-state index contributed by atoms with van der Waals surface area (Å²) in [6.07, 6.45) is 0. The van der Waals surface area contributed by atoms with E-state index in [0.717, 1.165) is 0 Å². The van der Waals surface area contributed by atoms with Crippen LogP contribution >= 0.6 is 34.8 Å². The van der Waals surface area contributed by atoms with Crippen molar-refractivity contribution in [1.29, 1.82) is 0 Å². The fourth-order valence-corrected chi connectivity index (χ4v) is 7.54. The van der Waals surface area contributed by atoms with Gasteiger partial charge in [0.15, 0.2) is 0 Å². The molecule has 17 heavy (non-hydrogen) atoms. The molecule has 0 aliphatic rings. The van der Waals surface area contributed by atoms with E-state index in [-0.39, 0.29) is 0 Å². The van der Waals surface area contributed by atoms with Crippen molar-refractivity contribution < 1.29 is 38.9 Å². The smallest absolute Gasteiger partial charge is 0.283 e. The van der Waals surface area contributed by atoms with Gasteiger partial charge in [0.05, 0.1) is 0 Å². The molecule has 0 fully saturated rings. The van der Waals surface area contributed by atoms with Crippen molar-refractivity contribution in [2.24, 2.45) is 0 Å². The quantitative estimate of drug-likeness (QED) is 0.444. The van der Waals surface area contributed by atoms with Crippen LogP contribution in [0.2, 0.25) is 0 Å². The Morgan fingerprint density at radius 1 is 0.647 bits per heavy atom. The van der Waals surface area contributed by atoms with E-state index in [1.54, 1.807) is 0 Å². The van der Waals surface area contributed by atoms with E-state index in [9.17, 15) is 25.3 Å². The first-order valence-corrected chi connectivity index (χ1v) is 8.43. The summed E-state index contributed by atoms with van der Waals surface area (Å²) in [5.41, 5.74) is 0. The Morgan fingerprint density at radius 3 is 0.824 bits per heavy atom. The fourth-order valence-electron chi connectivity index (χ4n) is 0.838. The van der Waals surface area contributed by atoms with Gasteiger partial charge in [-0.1, -0.05) is 34.8 Å². The first-order valence-electron chi connectivity index (χ1n) is 2.98. The SMILES string of the molecule is O=S(=O)(O)C(C(Cl)(Cl)Cl)(S(=O)(=O)O)S(=O)(=O)O. The maximum Gasteiger partial charge on any atom is 0.390 e. The summed E-state index contributed by atoms with van der Waals surface area (Å²) in [7, 11) is -18.8. The molecule has 0 saturated carbocycles. The fraction of sp³-hybridized carbons (Fsp3) is 1.00. The van der Waals surface area contributed by atoms with Crippen molar-refractivity contribution >= 4 is 65.2 Å². The Labute approximate surface area is 111 Å². The molecule has 15 heteroatoms. The van der Waals surface area contributed by atoms with E-state index >= 15 is 0 Å². The minimum Gasteiger partial charge on any atom is -0.283 e. The molecule has 0 aliphatic heterocycles. The molecular formula is C2H3Cl3O9S3. The third-order valence-electron chi connectivity index (χ3n) is 1.37. The van der Waals surface area contributed by atoms with Crippen LogP contribution < -0.4 is 0 Å². The zero-order valence-corrected chi connectivity index (χ0v) is 11.9. The van der Waals surface area contributed by atoms with Gasteiger partial charge >= 0.3 is 33.8 Å². The second-order valence-electron chi connectivity index (χ2n) is 2.48. The van der Waals surface area contributed by atoms with Crippen molar-refractivity contribution in [3.8, 4) is 0 Å². The molecule has 0 heterocycles. The Hall–Kier alpha value is 0.600. The molecule has 0 aromatic carbocycles. The minimum absolute atomic E-state index is 3.83. The molecule has 0 unspecified atom stereocenters. The van der Waals surface area contributed by atoms with E-state index in [2.05, 4.69) is 0 Å². The highest BCUT2D eigenvalue weighted by molar-refractivity contribution is 8.21. The van der Waals surface area contributed by atoms with Crippen LogP contribution in [0.3, 0.4) is 0 Å². The zero-order valence-electron chi connectivity index (χ0n) is 7.15. The van der Waals surface area contributed by atoms with Crippen molar-refractivity contribution in [3.63, 3.8) is 0 Å². The van der Waals surface area contributed by atoms with Gasteiger partial charge in [-0.25, -0.2) is 0 Å². The minimum atomic E-state index is -6.27. The van der Waals surface area contributed by atoms with Crippen LogP contribution in [-0.2, 0) is 30.4 Å². The first kappa shape index (κ1) is 17.6. The lowest BCUT2D eigenvalue weighted by atomic mass is 10.9. The molecule has 0 saturated heterocycles. The van der Waals surface area contributed by atoms with Gasteiger partial charge in [0.25, 0.3) is 0 Å². The van der Waals surface area contributed by atoms with Crippen LogP contribution in [-0.4, -0.2) is 46.1 Å². The van der Waals surface area contributed by atoms with Crippen LogP contribution in [0.4, 0.5) is 0 Å². The number of halogens is 3. The number of hydrogen-bond donors (Lipinski definition) is 3. The summed E-state index contributed by atoms with van der Waals surface area (Å²) >= 11 is 14.5. The monoisotopic (exact) mass is 372 g/mol. The van der Waals surface area contributed by atoms with E-state index in [0.29, 0.717) is 0 Å². The summed E-state index contributed by atoms with van der Waals surface area (Å²) in [6, 6.07) is 0. The normalized spacial score (nSPS) is 15.9. The van der Waals surface area contributed by atoms with E-state index in [4.69, 9.17) is 48.5 Å². The predicted molar refractivity (Wildman–Crippen MR) is 57.7 cm³/mol. The molecular weight excluding hydrogens is 371 g/mol. The predicted octanol–water partition coefficient (Wildman–Crippen LogP) is -0.326. The third kappa shape index (κ3) is 2.64. The summed E-state index contributed by atoms with van der Waals surface area (Å²) < 4.78 is 81.9. The van der Waals surface area contributed by atoms with Crippen molar-refractivity contribution in [2.45, 2.75) is 7.20 Å². The maximum atomic E-state index is 10.8. The maximum absolute atomic E-state index is 10.8. The van der Waals surface area contributed by atoms with Crippen LogP contribution in [0.5, 0.6) is 0 Å². The van der Waals surface area contributed by atoms with E-state index in [1.165, 1.54) is 0 Å². The van der Waals surface area contributed by atoms with Gasteiger partial charge in [0, 0.05) is 0 Å². The van der Waals surface area contributed by atoms with Crippen LogP contribution in [0.15, 0.2) is 0 Å². The van der Waals surface area contributed by atoms with E-state index < -0.39 is 37.6 Å². The molecule has 3 N–H and O–H groups in total. The van der Waals surface area contributed by atoms with Crippen LogP contribution in [0, 0.1) is 0 Å². The zero-order chi connectivity index (χ0) is 14.5. The number of alkyl halides is 3. The van der Waals surface area contributed by atoms with Gasteiger partial charge in [-0.05, 0) is 0 Å². The largest absolute Gasteiger partial charge is 0.390 e. The summed E-state index contributed by atoms with van der Waals surface area (Å²) in [6.45, 7) is 0. The highest BCUT2D eigenvalue weighted by Gasteiger charge is 2.77. The van der Waals surface area contributed by atoms with Crippen LogP contribution in [0.1, 0.15) is 0 Å². The molecule has 0 atom stereocenters. The molecule has 0 aliphatic carbocycles. The Kier molecular flexibility index (Phi) is 4.47. The lowest BCUT2D eigenvalue weighted by Gasteiger charge is -2.29. The Balaban J connectivity index is 7.10. The molecule has 0 amide bonds.